The maximum atomic E-state index is 6.40. The van der Waals surface area contributed by atoms with Crippen LogP contribution < -0.4 is 15.2 Å². The van der Waals surface area contributed by atoms with Crippen molar-refractivity contribution in [3.63, 3.8) is 0 Å². The topological polar surface area (TPSA) is 44.5 Å². The van der Waals surface area contributed by atoms with Gasteiger partial charge < -0.3 is 15.2 Å². The van der Waals surface area contributed by atoms with Gasteiger partial charge >= 0.3 is 0 Å². The van der Waals surface area contributed by atoms with Crippen molar-refractivity contribution in [1.29, 1.82) is 0 Å². The molecule has 1 aliphatic rings. The fraction of sp³-hybridized carbons (Fsp3) is 0.250. The molecule has 28 heavy (non-hydrogen) atoms. The first-order valence-electron chi connectivity index (χ1n) is 9.65. The van der Waals surface area contributed by atoms with Crippen LogP contribution in [0.1, 0.15) is 25.7 Å². The lowest BCUT2D eigenvalue weighted by molar-refractivity contribution is 0.201. The summed E-state index contributed by atoms with van der Waals surface area (Å²) in [6.07, 6.45) is 4.93. The molecule has 0 aliphatic heterocycles. The highest BCUT2D eigenvalue weighted by molar-refractivity contribution is 6.33. The summed E-state index contributed by atoms with van der Waals surface area (Å²) in [5.74, 6) is 1.56. The third-order valence-electron chi connectivity index (χ3n) is 5.31. The summed E-state index contributed by atoms with van der Waals surface area (Å²) in [7, 11) is 1.68. The van der Waals surface area contributed by atoms with Crippen molar-refractivity contribution in [2.45, 2.75) is 31.8 Å². The molecule has 3 aromatic carbocycles. The molecule has 0 atom stereocenters. The van der Waals surface area contributed by atoms with Gasteiger partial charge in [0, 0.05) is 21.8 Å². The number of hydrogen-bond acceptors (Lipinski definition) is 3. The van der Waals surface area contributed by atoms with Crippen LogP contribution >= 0.6 is 11.6 Å². The van der Waals surface area contributed by atoms with Crippen LogP contribution in [-0.4, -0.2) is 13.2 Å². The largest absolute Gasteiger partial charge is 0.493 e. The van der Waals surface area contributed by atoms with E-state index in [1.807, 2.05) is 48.5 Å². The van der Waals surface area contributed by atoms with Crippen LogP contribution in [0, 0.1) is 0 Å². The van der Waals surface area contributed by atoms with E-state index in [0.717, 1.165) is 46.6 Å². The van der Waals surface area contributed by atoms with E-state index in [2.05, 4.69) is 12.1 Å². The van der Waals surface area contributed by atoms with Gasteiger partial charge in [-0.1, -0.05) is 41.9 Å². The third-order valence-corrected chi connectivity index (χ3v) is 5.64. The highest BCUT2D eigenvalue weighted by Crippen LogP contribution is 2.38. The van der Waals surface area contributed by atoms with E-state index < -0.39 is 0 Å². The lowest BCUT2D eigenvalue weighted by atomic mass is 9.97. The van der Waals surface area contributed by atoms with Crippen LogP contribution in [0.4, 0.5) is 5.69 Å². The number of methoxy groups -OCH3 is 1. The van der Waals surface area contributed by atoms with Gasteiger partial charge in [-0.3, -0.25) is 0 Å². The molecule has 0 heterocycles. The zero-order chi connectivity index (χ0) is 19.5. The van der Waals surface area contributed by atoms with E-state index >= 15 is 0 Å². The summed E-state index contributed by atoms with van der Waals surface area (Å²) in [6, 6.07) is 19.8. The van der Waals surface area contributed by atoms with E-state index in [-0.39, 0.29) is 6.10 Å². The summed E-state index contributed by atoms with van der Waals surface area (Å²) in [4.78, 5) is 0. The molecule has 4 heteroatoms. The number of nitrogens with two attached hydrogens (primary N) is 1. The van der Waals surface area contributed by atoms with Gasteiger partial charge in [-0.2, -0.15) is 0 Å². The van der Waals surface area contributed by atoms with Crippen molar-refractivity contribution in [2.24, 2.45) is 0 Å². The summed E-state index contributed by atoms with van der Waals surface area (Å²) in [6.45, 7) is 0. The Morgan fingerprint density at radius 3 is 2.32 bits per heavy atom. The number of halogens is 1. The van der Waals surface area contributed by atoms with Crippen molar-refractivity contribution in [1.82, 2.24) is 0 Å². The summed E-state index contributed by atoms with van der Waals surface area (Å²) in [5.41, 5.74) is 10.9. The fourth-order valence-corrected chi connectivity index (χ4v) is 4.02. The van der Waals surface area contributed by atoms with Crippen molar-refractivity contribution in [3.8, 4) is 33.8 Å². The van der Waals surface area contributed by atoms with Crippen molar-refractivity contribution in [3.05, 3.63) is 65.7 Å². The van der Waals surface area contributed by atoms with Crippen LogP contribution in [0.15, 0.2) is 60.7 Å². The highest BCUT2D eigenvalue weighted by atomic mass is 35.5. The molecule has 2 N–H and O–H groups in total. The second-order valence-corrected chi connectivity index (χ2v) is 7.58. The Morgan fingerprint density at radius 1 is 0.857 bits per heavy atom. The number of anilines is 1. The maximum absolute atomic E-state index is 6.40. The van der Waals surface area contributed by atoms with E-state index in [1.54, 1.807) is 7.11 Å². The van der Waals surface area contributed by atoms with Gasteiger partial charge in [0.15, 0.2) is 11.5 Å². The Kier molecular flexibility index (Phi) is 5.45. The van der Waals surface area contributed by atoms with Crippen molar-refractivity contribution < 1.29 is 9.47 Å². The quantitative estimate of drug-likeness (QED) is 0.497. The van der Waals surface area contributed by atoms with Gasteiger partial charge in [0.1, 0.15) is 0 Å². The normalized spacial score (nSPS) is 14.2. The molecule has 4 rings (SSSR count). The highest BCUT2D eigenvalue weighted by Gasteiger charge is 2.19. The molecule has 144 valence electrons. The molecule has 3 aromatic rings. The first-order valence-corrected chi connectivity index (χ1v) is 10.0. The van der Waals surface area contributed by atoms with Crippen molar-refractivity contribution >= 4 is 17.3 Å². The summed E-state index contributed by atoms with van der Waals surface area (Å²) >= 11 is 6.40. The second-order valence-electron chi connectivity index (χ2n) is 7.17. The van der Waals surface area contributed by atoms with Crippen molar-refractivity contribution in [2.75, 3.05) is 12.8 Å². The van der Waals surface area contributed by atoms with Crippen LogP contribution in [0.2, 0.25) is 5.02 Å². The molecule has 1 aliphatic carbocycles. The Hall–Kier alpha value is -2.65. The molecule has 0 aromatic heterocycles. The third kappa shape index (κ3) is 3.81. The van der Waals surface area contributed by atoms with Crippen LogP contribution in [0.3, 0.4) is 0 Å². The summed E-state index contributed by atoms with van der Waals surface area (Å²) < 4.78 is 11.8. The molecular weight excluding hydrogens is 370 g/mol. The SMILES string of the molecule is COc1ccc(-c2ccc(N)c(-c3ccccc3Cl)c2)cc1OC1CCCC1. The molecule has 0 radical (unpaired) electrons. The predicted octanol–water partition coefficient (Wildman–Crippen LogP) is 6.59. The fourth-order valence-electron chi connectivity index (χ4n) is 3.78. The van der Waals surface area contributed by atoms with Gasteiger partial charge in [-0.15, -0.1) is 0 Å². The lowest BCUT2D eigenvalue weighted by Crippen LogP contribution is -2.11. The molecule has 0 spiro atoms. The number of ether oxygens (including phenoxy) is 2. The summed E-state index contributed by atoms with van der Waals surface area (Å²) in [5, 5.41) is 0.686. The molecule has 0 saturated heterocycles. The molecule has 3 nitrogen and oxygen atoms in total. The molecule has 0 amide bonds. The Morgan fingerprint density at radius 2 is 1.57 bits per heavy atom. The molecule has 0 unspecified atom stereocenters. The standard InChI is InChI=1S/C24H24ClNO2/c1-27-23-13-11-17(15-24(23)28-18-6-2-3-7-18)16-10-12-22(26)20(14-16)19-8-4-5-9-21(19)25/h4-5,8-15,18H,2-3,6-7,26H2,1H3. The average molecular weight is 394 g/mol. The Labute approximate surface area is 171 Å². The average Bonchev–Trinajstić information content (AvgIpc) is 3.22. The Bertz CT molecular complexity index is 980. The minimum absolute atomic E-state index is 0.272. The predicted molar refractivity (Wildman–Crippen MR) is 116 cm³/mol. The monoisotopic (exact) mass is 393 g/mol. The zero-order valence-electron chi connectivity index (χ0n) is 16.0. The van der Waals surface area contributed by atoms with Gasteiger partial charge in [0.25, 0.3) is 0 Å². The lowest BCUT2D eigenvalue weighted by Gasteiger charge is -2.17. The van der Waals surface area contributed by atoms with E-state index in [9.17, 15) is 0 Å². The minimum atomic E-state index is 0.272. The van der Waals surface area contributed by atoms with Gasteiger partial charge in [-0.05, 0) is 67.1 Å². The molecule has 0 bridgehead atoms. The maximum Gasteiger partial charge on any atom is 0.162 e. The molecule has 1 saturated carbocycles. The second kappa shape index (κ2) is 8.15. The van der Waals surface area contributed by atoms with E-state index in [4.69, 9.17) is 26.8 Å². The number of nitrogen functional groups attached to an aromatic ring is 1. The van der Waals surface area contributed by atoms with Crippen LogP contribution in [0.25, 0.3) is 22.3 Å². The first-order chi connectivity index (χ1) is 13.7. The number of benzene rings is 3. The molecular formula is C24H24ClNO2. The Balaban J connectivity index is 1.73. The smallest absolute Gasteiger partial charge is 0.162 e. The molecule has 1 fully saturated rings. The van der Waals surface area contributed by atoms with Crippen LogP contribution in [-0.2, 0) is 0 Å². The van der Waals surface area contributed by atoms with E-state index in [1.165, 1.54) is 12.8 Å². The van der Waals surface area contributed by atoms with E-state index in [0.29, 0.717) is 10.7 Å². The zero-order valence-corrected chi connectivity index (χ0v) is 16.7. The first kappa shape index (κ1) is 18.7. The number of rotatable bonds is 5. The van der Waals surface area contributed by atoms with Gasteiger partial charge in [-0.25, -0.2) is 0 Å². The number of hydrogen-bond donors (Lipinski definition) is 1. The van der Waals surface area contributed by atoms with Gasteiger partial charge in [0.2, 0.25) is 0 Å². The van der Waals surface area contributed by atoms with Gasteiger partial charge in [0.05, 0.1) is 13.2 Å². The van der Waals surface area contributed by atoms with Crippen LogP contribution in [0.5, 0.6) is 11.5 Å². The minimum Gasteiger partial charge on any atom is -0.493 e.